The summed E-state index contributed by atoms with van der Waals surface area (Å²) in [5, 5.41) is 1.66. The van der Waals surface area contributed by atoms with Gasteiger partial charge >= 0.3 is 0 Å². The van der Waals surface area contributed by atoms with Crippen LogP contribution in [0.4, 0.5) is 0 Å². The molecule has 22 heavy (non-hydrogen) atoms. The molecule has 1 aromatic carbocycles. The number of nitrogens with one attached hydrogen (secondary N) is 1. The molecular formula is C19H25NO2. The lowest BCUT2D eigenvalue weighted by Gasteiger charge is -2.16. The first-order chi connectivity index (χ1) is 10.7. The van der Waals surface area contributed by atoms with Gasteiger partial charge in [0, 0.05) is 11.6 Å². The summed E-state index contributed by atoms with van der Waals surface area (Å²) >= 11 is 0. The third-order valence-corrected chi connectivity index (χ3v) is 4.97. The van der Waals surface area contributed by atoms with Crippen molar-refractivity contribution in [3.63, 3.8) is 0 Å². The first-order valence-electron chi connectivity index (χ1n) is 8.43. The van der Waals surface area contributed by atoms with Gasteiger partial charge in [0.05, 0.1) is 6.10 Å². The molecule has 3 atom stereocenters. The van der Waals surface area contributed by atoms with Crippen molar-refractivity contribution >= 4 is 10.8 Å². The predicted octanol–water partition coefficient (Wildman–Crippen LogP) is 4.51. The SMILES string of the molecule is CCC(C)C[C@H]1CC[C@@H](Oc2ccc3c(=O)[nH]ccc3c2)C1. The second-order valence-corrected chi connectivity index (χ2v) is 6.72. The molecule has 1 saturated carbocycles. The summed E-state index contributed by atoms with van der Waals surface area (Å²) in [4.78, 5) is 14.4. The normalized spacial score (nSPS) is 22.8. The summed E-state index contributed by atoms with van der Waals surface area (Å²) in [6, 6.07) is 7.67. The van der Waals surface area contributed by atoms with Crippen molar-refractivity contribution in [2.45, 2.75) is 52.1 Å². The van der Waals surface area contributed by atoms with Crippen LogP contribution in [0, 0.1) is 11.8 Å². The average Bonchev–Trinajstić information content (AvgIpc) is 2.94. The van der Waals surface area contributed by atoms with Gasteiger partial charge in [0.2, 0.25) is 0 Å². The number of aromatic amines is 1. The maximum atomic E-state index is 11.7. The maximum absolute atomic E-state index is 11.7. The monoisotopic (exact) mass is 299 g/mol. The smallest absolute Gasteiger partial charge is 0.255 e. The van der Waals surface area contributed by atoms with E-state index in [0.717, 1.165) is 41.2 Å². The molecule has 0 radical (unpaired) electrons. The molecule has 1 aromatic heterocycles. The van der Waals surface area contributed by atoms with E-state index in [-0.39, 0.29) is 5.56 Å². The molecule has 0 aliphatic heterocycles. The molecule has 1 unspecified atom stereocenters. The van der Waals surface area contributed by atoms with Crippen molar-refractivity contribution in [3.05, 3.63) is 40.8 Å². The molecule has 0 saturated heterocycles. The Morgan fingerprint density at radius 2 is 2.18 bits per heavy atom. The van der Waals surface area contributed by atoms with Crippen LogP contribution in [0.3, 0.4) is 0 Å². The van der Waals surface area contributed by atoms with Gasteiger partial charge in [-0.2, -0.15) is 0 Å². The topological polar surface area (TPSA) is 42.1 Å². The summed E-state index contributed by atoms with van der Waals surface area (Å²) in [7, 11) is 0. The lowest BCUT2D eigenvalue weighted by Crippen LogP contribution is -2.13. The van der Waals surface area contributed by atoms with Crippen molar-refractivity contribution in [3.8, 4) is 5.75 Å². The highest BCUT2D eigenvalue weighted by Crippen LogP contribution is 2.34. The van der Waals surface area contributed by atoms with Crippen molar-refractivity contribution in [2.24, 2.45) is 11.8 Å². The van der Waals surface area contributed by atoms with Crippen LogP contribution in [-0.4, -0.2) is 11.1 Å². The van der Waals surface area contributed by atoms with E-state index in [1.54, 1.807) is 6.20 Å². The lowest BCUT2D eigenvalue weighted by atomic mass is 9.93. The van der Waals surface area contributed by atoms with Crippen molar-refractivity contribution < 1.29 is 4.74 Å². The van der Waals surface area contributed by atoms with Crippen molar-refractivity contribution in [2.75, 3.05) is 0 Å². The molecule has 1 aliphatic carbocycles. The molecule has 1 N–H and O–H groups in total. The van der Waals surface area contributed by atoms with Gasteiger partial charge in [-0.25, -0.2) is 0 Å². The summed E-state index contributed by atoms with van der Waals surface area (Å²) < 4.78 is 6.16. The van der Waals surface area contributed by atoms with Gasteiger partial charge in [0.1, 0.15) is 5.75 Å². The highest BCUT2D eigenvalue weighted by Gasteiger charge is 2.27. The zero-order valence-electron chi connectivity index (χ0n) is 13.5. The molecule has 0 spiro atoms. The summed E-state index contributed by atoms with van der Waals surface area (Å²) in [6.45, 7) is 4.61. The number of aromatic nitrogens is 1. The average molecular weight is 299 g/mol. The number of rotatable bonds is 5. The standard InChI is InChI=1S/C19H25NO2/c1-3-13(2)10-14-4-5-16(11-14)22-17-6-7-18-15(12-17)8-9-20-19(18)21/h6-9,12-14,16H,3-5,10-11H2,1-2H3,(H,20,21)/t13?,14-,16-/m1/s1. The fourth-order valence-electron chi connectivity index (χ4n) is 3.52. The Hall–Kier alpha value is -1.77. The summed E-state index contributed by atoms with van der Waals surface area (Å²) in [5.74, 6) is 2.51. The Labute approximate surface area is 131 Å². The Kier molecular flexibility index (Phi) is 4.51. The molecule has 3 rings (SSSR count). The third kappa shape index (κ3) is 3.34. The second kappa shape index (κ2) is 6.55. The van der Waals surface area contributed by atoms with E-state index in [9.17, 15) is 4.79 Å². The minimum Gasteiger partial charge on any atom is -0.490 e. The number of benzene rings is 1. The van der Waals surface area contributed by atoms with Gasteiger partial charge in [0.25, 0.3) is 5.56 Å². The van der Waals surface area contributed by atoms with Crippen LogP contribution in [0.2, 0.25) is 0 Å². The minimum absolute atomic E-state index is 0.0430. The van der Waals surface area contributed by atoms with Crippen LogP contribution in [0.15, 0.2) is 35.3 Å². The van der Waals surface area contributed by atoms with Gasteiger partial charge in [0.15, 0.2) is 0 Å². The number of fused-ring (bicyclic) bond motifs is 1. The molecular weight excluding hydrogens is 274 g/mol. The fraction of sp³-hybridized carbons (Fsp3) is 0.526. The van der Waals surface area contributed by atoms with E-state index in [1.807, 2.05) is 24.3 Å². The zero-order chi connectivity index (χ0) is 15.5. The summed E-state index contributed by atoms with van der Waals surface area (Å²) in [5.41, 5.74) is -0.0430. The quantitative estimate of drug-likeness (QED) is 0.882. The predicted molar refractivity (Wildman–Crippen MR) is 90.4 cm³/mol. The molecule has 0 amide bonds. The number of hydrogen-bond acceptors (Lipinski definition) is 2. The Morgan fingerprint density at radius 1 is 1.32 bits per heavy atom. The lowest BCUT2D eigenvalue weighted by molar-refractivity contribution is 0.201. The maximum Gasteiger partial charge on any atom is 0.255 e. The van der Waals surface area contributed by atoms with Crippen LogP contribution in [0.25, 0.3) is 10.8 Å². The number of pyridine rings is 1. The van der Waals surface area contributed by atoms with E-state index in [0.29, 0.717) is 6.10 Å². The molecule has 3 heteroatoms. The van der Waals surface area contributed by atoms with Gasteiger partial charge in [-0.1, -0.05) is 20.3 Å². The van der Waals surface area contributed by atoms with Crippen molar-refractivity contribution in [1.29, 1.82) is 0 Å². The molecule has 118 valence electrons. The van der Waals surface area contributed by atoms with Gasteiger partial charge < -0.3 is 9.72 Å². The largest absolute Gasteiger partial charge is 0.490 e. The Bertz CT molecular complexity index is 691. The van der Waals surface area contributed by atoms with Gasteiger partial charge in [-0.15, -0.1) is 0 Å². The van der Waals surface area contributed by atoms with E-state index in [2.05, 4.69) is 18.8 Å². The van der Waals surface area contributed by atoms with Gasteiger partial charge in [-0.3, -0.25) is 4.79 Å². The highest BCUT2D eigenvalue weighted by atomic mass is 16.5. The van der Waals surface area contributed by atoms with Crippen LogP contribution in [0.1, 0.15) is 46.0 Å². The third-order valence-electron chi connectivity index (χ3n) is 4.97. The van der Waals surface area contributed by atoms with Gasteiger partial charge in [-0.05, 0) is 67.2 Å². The second-order valence-electron chi connectivity index (χ2n) is 6.72. The minimum atomic E-state index is -0.0430. The molecule has 0 bridgehead atoms. The van der Waals surface area contributed by atoms with Crippen LogP contribution >= 0.6 is 0 Å². The molecule has 2 aromatic rings. The highest BCUT2D eigenvalue weighted by molar-refractivity contribution is 5.82. The first kappa shape index (κ1) is 15.1. The molecule has 1 fully saturated rings. The van der Waals surface area contributed by atoms with Crippen molar-refractivity contribution in [1.82, 2.24) is 4.98 Å². The van der Waals surface area contributed by atoms with E-state index in [1.165, 1.54) is 19.3 Å². The van der Waals surface area contributed by atoms with Crippen LogP contribution < -0.4 is 10.3 Å². The van der Waals surface area contributed by atoms with Crippen LogP contribution in [-0.2, 0) is 0 Å². The number of hydrogen-bond donors (Lipinski definition) is 1. The summed E-state index contributed by atoms with van der Waals surface area (Å²) in [6.07, 6.45) is 8.19. The molecule has 1 aliphatic rings. The number of ether oxygens (including phenoxy) is 1. The molecule has 3 nitrogen and oxygen atoms in total. The zero-order valence-corrected chi connectivity index (χ0v) is 13.5. The Balaban J connectivity index is 1.66. The van der Waals surface area contributed by atoms with Crippen LogP contribution in [0.5, 0.6) is 5.75 Å². The van der Waals surface area contributed by atoms with E-state index in [4.69, 9.17) is 4.74 Å². The van der Waals surface area contributed by atoms with E-state index >= 15 is 0 Å². The first-order valence-corrected chi connectivity index (χ1v) is 8.43. The van der Waals surface area contributed by atoms with E-state index < -0.39 is 0 Å². The molecule has 1 heterocycles. The Morgan fingerprint density at radius 3 is 3.00 bits per heavy atom. The number of H-pyrrole nitrogens is 1. The fourth-order valence-corrected chi connectivity index (χ4v) is 3.52.